The summed E-state index contributed by atoms with van der Waals surface area (Å²) in [6, 6.07) is 18.7. The molecule has 4 aromatic rings. The predicted molar refractivity (Wildman–Crippen MR) is 266 cm³/mol. The molecular weight excluding hydrogens is 752 g/mol. The molecule has 1 aliphatic rings. The van der Waals surface area contributed by atoms with Crippen LogP contribution < -0.4 is 5.30 Å². The first kappa shape index (κ1) is 48.7. The number of rotatable bonds is 15. The van der Waals surface area contributed by atoms with Crippen LogP contribution in [-0.2, 0) is 37.6 Å². The number of benzene rings is 4. The van der Waals surface area contributed by atoms with E-state index in [0.717, 1.165) is 85.3 Å². The second-order valence-electron chi connectivity index (χ2n) is 23.3. The van der Waals surface area contributed by atoms with Crippen LogP contribution in [0.4, 0.5) is 0 Å². The van der Waals surface area contributed by atoms with Gasteiger partial charge in [0.1, 0.15) is 0 Å². The zero-order valence-electron chi connectivity index (χ0n) is 41.7. The van der Waals surface area contributed by atoms with Gasteiger partial charge in [-0.15, -0.1) is 0 Å². The van der Waals surface area contributed by atoms with Crippen LogP contribution in [0.1, 0.15) is 234 Å². The van der Waals surface area contributed by atoms with Gasteiger partial charge < -0.3 is 0 Å². The molecule has 0 aliphatic heterocycles. The standard InChI is InChI=1S/C56H87O3P/c1-19-50(7,8)40-30-38-32-46(54(15,16)23-5)47(36-42(38)44(34-40)52(11,12)21-3)56(28-26-25-27-29-56)60(57,58,59)49-37-43-39(33-48(49)55(17,18)24-6)31-41(51(9,10)20-2)35-45(43)53(13,14)22-4/h30-37,57-59H,19-29H2,1-18H3. The van der Waals surface area contributed by atoms with Crippen molar-refractivity contribution in [1.29, 1.82) is 0 Å². The summed E-state index contributed by atoms with van der Waals surface area (Å²) in [5, 5.41) is 3.60. The van der Waals surface area contributed by atoms with Gasteiger partial charge in [0, 0.05) is 0 Å². The Bertz CT molecular complexity index is 2210. The SMILES string of the molecule is CCC(C)(C)c1cc(C(C)(C)CC)c2cc(C3(P(O)(O)(O)c4cc5c(C(C)(C)CC)cc(C(C)(C)CC)cc5cc4C(C)(C)CC)CCCCC3)c(C(C)(C)CC)cc2c1. The van der Waals surface area contributed by atoms with Crippen molar-refractivity contribution in [3.05, 3.63) is 87.5 Å². The maximum absolute atomic E-state index is 14.0. The van der Waals surface area contributed by atoms with Crippen LogP contribution in [-0.4, -0.2) is 14.7 Å². The van der Waals surface area contributed by atoms with E-state index in [9.17, 15) is 14.7 Å². The second-order valence-corrected chi connectivity index (χ2v) is 26.6. The van der Waals surface area contributed by atoms with Gasteiger partial charge in [0.05, 0.1) is 0 Å². The zero-order valence-corrected chi connectivity index (χ0v) is 42.6. The van der Waals surface area contributed by atoms with Crippen molar-refractivity contribution in [2.45, 2.75) is 233 Å². The van der Waals surface area contributed by atoms with Crippen molar-refractivity contribution in [2.75, 3.05) is 0 Å². The van der Waals surface area contributed by atoms with Crippen molar-refractivity contribution >= 4 is 34.1 Å². The topological polar surface area (TPSA) is 60.7 Å². The van der Waals surface area contributed by atoms with Crippen molar-refractivity contribution in [3.8, 4) is 0 Å². The summed E-state index contributed by atoms with van der Waals surface area (Å²) >= 11 is 0. The number of hydrogen-bond donors (Lipinski definition) is 3. The molecule has 334 valence electrons. The summed E-state index contributed by atoms with van der Waals surface area (Å²) in [6.07, 6.45) is 9.29. The van der Waals surface area contributed by atoms with Gasteiger partial charge in [0.25, 0.3) is 0 Å². The number of fused-ring (bicyclic) bond motifs is 2. The summed E-state index contributed by atoms with van der Waals surface area (Å²) in [5.41, 5.74) is 7.03. The van der Waals surface area contributed by atoms with Gasteiger partial charge >= 0.3 is 369 Å². The Hall–Kier alpha value is -2.29. The molecule has 0 amide bonds. The molecule has 0 spiro atoms. The molecule has 1 aliphatic carbocycles. The van der Waals surface area contributed by atoms with Crippen LogP contribution in [0.15, 0.2) is 48.5 Å². The van der Waals surface area contributed by atoms with E-state index < -0.39 is 17.9 Å². The van der Waals surface area contributed by atoms with Gasteiger partial charge in [-0.1, -0.05) is 0 Å². The average Bonchev–Trinajstić information content (AvgIpc) is 3.21. The molecule has 5 rings (SSSR count). The molecule has 3 N–H and O–H groups in total. The van der Waals surface area contributed by atoms with Gasteiger partial charge in [-0.2, -0.15) is 0 Å². The third kappa shape index (κ3) is 8.07. The monoisotopic (exact) mass is 839 g/mol. The Morgan fingerprint density at radius 1 is 0.417 bits per heavy atom. The average molecular weight is 839 g/mol. The molecule has 0 bridgehead atoms. The molecule has 4 aromatic carbocycles. The minimum absolute atomic E-state index is 0.000284. The predicted octanol–water partition coefficient (Wildman–Crippen LogP) is 15.9. The van der Waals surface area contributed by atoms with Gasteiger partial charge in [0.2, 0.25) is 0 Å². The van der Waals surface area contributed by atoms with Crippen LogP contribution in [0.2, 0.25) is 0 Å². The van der Waals surface area contributed by atoms with Crippen molar-refractivity contribution in [3.63, 3.8) is 0 Å². The Morgan fingerprint density at radius 2 is 0.767 bits per heavy atom. The third-order valence-corrected chi connectivity index (χ3v) is 20.9. The summed E-state index contributed by atoms with van der Waals surface area (Å²) in [4.78, 5) is 42.0. The summed E-state index contributed by atoms with van der Waals surface area (Å²) < 4.78 is 0. The molecule has 0 radical (unpaired) electrons. The molecule has 1 fully saturated rings. The molecule has 0 atom stereocenters. The molecular formula is C56H87O3P. The fourth-order valence-electron chi connectivity index (χ4n) is 9.98. The normalized spacial score (nSPS) is 17.0. The first-order valence-electron chi connectivity index (χ1n) is 24.0. The van der Waals surface area contributed by atoms with Crippen LogP contribution in [0.5, 0.6) is 0 Å². The fraction of sp³-hybridized carbons (Fsp3) is 0.643. The van der Waals surface area contributed by atoms with Crippen molar-refractivity contribution in [1.82, 2.24) is 0 Å². The first-order valence-corrected chi connectivity index (χ1v) is 26.1. The summed E-state index contributed by atoms with van der Waals surface area (Å²) in [6.45, 7) is 41.2. The van der Waals surface area contributed by atoms with Crippen LogP contribution in [0, 0.1) is 0 Å². The van der Waals surface area contributed by atoms with E-state index in [1.165, 1.54) is 33.0 Å². The zero-order chi connectivity index (χ0) is 45.3. The third-order valence-electron chi connectivity index (χ3n) is 17.4. The summed E-state index contributed by atoms with van der Waals surface area (Å²) in [5.74, 6) is 0. The van der Waals surface area contributed by atoms with Gasteiger partial charge in [0.15, 0.2) is 0 Å². The molecule has 4 heteroatoms. The molecule has 0 saturated heterocycles. The Kier molecular flexibility index (Phi) is 13.0. The van der Waals surface area contributed by atoms with Crippen LogP contribution in [0.25, 0.3) is 21.5 Å². The molecule has 1 saturated carbocycles. The van der Waals surface area contributed by atoms with E-state index in [1.54, 1.807) is 0 Å². The molecule has 60 heavy (non-hydrogen) atoms. The van der Waals surface area contributed by atoms with Gasteiger partial charge in [-0.05, 0) is 0 Å². The van der Waals surface area contributed by atoms with E-state index in [0.29, 0.717) is 18.1 Å². The first-order chi connectivity index (χ1) is 27.4. The van der Waals surface area contributed by atoms with E-state index in [-0.39, 0.29) is 27.1 Å². The van der Waals surface area contributed by atoms with Gasteiger partial charge in [-0.25, -0.2) is 0 Å². The van der Waals surface area contributed by atoms with E-state index in [2.05, 4.69) is 173 Å². The molecule has 0 heterocycles. The summed E-state index contributed by atoms with van der Waals surface area (Å²) in [7, 11) is -5.87. The Morgan fingerprint density at radius 3 is 1.17 bits per heavy atom. The Labute approximate surface area is 367 Å². The van der Waals surface area contributed by atoms with E-state index in [1.807, 2.05) is 0 Å². The molecule has 0 unspecified atom stereocenters. The van der Waals surface area contributed by atoms with Crippen LogP contribution >= 0.6 is 7.28 Å². The second kappa shape index (κ2) is 16.1. The van der Waals surface area contributed by atoms with Gasteiger partial charge in [-0.3, -0.25) is 0 Å². The molecule has 0 aromatic heterocycles. The van der Waals surface area contributed by atoms with E-state index in [4.69, 9.17) is 0 Å². The van der Waals surface area contributed by atoms with E-state index >= 15 is 0 Å². The van der Waals surface area contributed by atoms with Crippen molar-refractivity contribution < 1.29 is 14.7 Å². The molecule has 3 nitrogen and oxygen atoms in total. The minimum atomic E-state index is -5.87. The van der Waals surface area contributed by atoms with Crippen LogP contribution in [0.3, 0.4) is 0 Å². The quantitative estimate of drug-likeness (QED) is 0.105. The number of hydrogen-bond acceptors (Lipinski definition) is 3. The maximum atomic E-state index is 14.0. The Balaban J connectivity index is 2.05. The fourth-order valence-corrected chi connectivity index (χ4v) is 13.4. The van der Waals surface area contributed by atoms with Crippen molar-refractivity contribution in [2.24, 2.45) is 0 Å².